The quantitative estimate of drug-likeness (QED) is 0.409. The Kier molecular flexibility index (Phi) is 4.21. The summed E-state index contributed by atoms with van der Waals surface area (Å²) < 4.78 is 5.28. The molecular weight excluding hydrogens is 200 g/mol. The van der Waals surface area contributed by atoms with Gasteiger partial charge >= 0.3 is 0 Å². The molecule has 0 bridgehead atoms. The van der Waals surface area contributed by atoms with E-state index >= 15 is 0 Å². The first-order chi connectivity index (χ1) is 6.69. The van der Waals surface area contributed by atoms with Gasteiger partial charge in [-0.15, -0.1) is 11.6 Å². The van der Waals surface area contributed by atoms with E-state index in [9.17, 15) is 4.79 Å². The predicted octanol–water partition coefficient (Wildman–Crippen LogP) is 2.68. The lowest BCUT2D eigenvalue weighted by atomic mass is 9.82. The van der Waals surface area contributed by atoms with Gasteiger partial charge in [0.1, 0.15) is 6.10 Å². The Morgan fingerprint density at radius 3 is 2.86 bits per heavy atom. The molecule has 0 N–H and O–H groups in total. The number of rotatable bonds is 4. The minimum atomic E-state index is 0.0341. The Morgan fingerprint density at radius 2 is 2.36 bits per heavy atom. The average Bonchev–Trinajstić information content (AvgIpc) is 2.20. The lowest BCUT2D eigenvalue weighted by molar-refractivity contribution is -0.121. The van der Waals surface area contributed by atoms with Gasteiger partial charge in [-0.2, -0.15) is 0 Å². The number of Topliss-reactive ketones (excluding diaryl/α,β-unsaturated/α-hetero) is 1. The van der Waals surface area contributed by atoms with Crippen molar-refractivity contribution < 1.29 is 9.53 Å². The van der Waals surface area contributed by atoms with Crippen molar-refractivity contribution >= 4 is 17.4 Å². The van der Waals surface area contributed by atoms with E-state index in [0.29, 0.717) is 6.42 Å². The van der Waals surface area contributed by atoms with Gasteiger partial charge in [-0.1, -0.05) is 13.2 Å². The summed E-state index contributed by atoms with van der Waals surface area (Å²) in [7, 11) is 0. The molecule has 0 radical (unpaired) electrons. The third-order valence-corrected chi connectivity index (χ3v) is 2.85. The zero-order valence-electron chi connectivity index (χ0n) is 8.17. The van der Waals surface area contributed by atoms with Crippen LogP contribution in [0.1, 0.15) is 19.3 Å². The SMILES string of the molecule is C=COC1CCC(C(=O)CCl)CC1=C. The average molecular weight is 215 g/mol. The van der Waals surface area contributed by atoms with Crippen LogP contribution in [0.3, 0.4) is 0 Å². The molecular formula is C11H15ClO2. The first-order valence-electron chi connectivity index (χ1n) is 4.71. The molecule has 1 saturated carbocycles. The molecule has 78 valence electrons. The van der Waals surface area contributed by atoms with Crippen LogP contribution < -0.4 is 0 Å². The predicted molar refractivity (Wildman–Crippen MR) is 57.3 cm³/mol. The Bertz CT molecular complexity index is 248. The van der Waals surface area contributed by atoms with Gasteiger partial charge in [-0.05, 0) is 24.8 Å². The Morgan fingerprint density at radius 1 is 1.64 bits per heavy atom. The number of ketones is 1. The summed E-state index contributed by atoms with van der Waals surface area (Å²) in [6.45, 7) is 7.42. The van der Waals surface area contributed by atoms with Crippen molar-refractivity contribution in [3.05, 3.63) is 25.0 Å². The molecule has 0 saturated heterocycles. The number of hydrogen-bond donors (Lipinski definition) is 0. The summed E-state index contributed by atoms with van der Waals surface area (Å²) >= 11 is 5.50. The number of carbonyl (C=O) groups excluding carboxylic acids is 1. The van der Waals surface area contributed by atoms with Gasteiger partial charge in [0.25, 0.3) is 0 Å². The standard InChI is InChI=1S/C11H15ClO2/c1-3-14-11-5-4-9(6-8(11)2)10(13)7-12/h3,9,11H,1-2,4-7H2. The third kappa shape index (κ3) is 2.61. The number of carbonyl (C=O) groups is 1. The van der Waals surface area contributed by atoms with Crippen molar-refractivity contribution in [3.8, 4) is 0 Å². The fourth-order valence-corrected chi connectivity index (χ4v) is 1.99. The monoisotopic (exact) mass is 214 g/mol. The zero-order valence-corrected chi connectivity index (χ0v) is 8.93. The highest BCUT2D eigenvalue weighted by Crippen LogP contribution is 2.30. The van der Waals surface area contributed by atoms with E-state index < -0.39 is 0 Å². The summed E-state index contributed by atoms with van der Waals surface area (Å²) in [6, 6.07) is 0. The van der Waals surface area contributed by atoms with Crippen molar-refractivity contribution in [2.24, 2.45) is 5.92 Å². The maximum atomic E-state index is 11.3. The van der Waals surface area contributed by atoms with Crippen LogP contribution >= 0.6 is 11.6 Å². The number of halogens is 1. The Balaban J connectivity index is 2.50. The lowest BCUT2D eigenvalue weighted by Crippen LogP contribution is -2.27. The molecule has 1 aliphatic rings. The summed E-state index contributed by atoms with van der Waals surface area (Å²) in [5.41, 5.74) is 0.972. The van der Waals surface area contributed by atoms with Gasteiger partial charge in [0.2, 0.25) is 0 Å². The lowest BCUT2D eigenvalue weighted by Gasteiger charge is -2.28. The van der Waals surface area contributed by atoms with Gasteiger partial charge in [0.15, 0.2) is 5.78 Å². The molecule has 0 aromatic rings. The van der Waals surface area contributed by atoms with Gasteiger partial charge in [-0.3, -0.25) is 4.79 Å². The normalized spacial score (nSPS) is 27.1. The second-order valence-electron chi connectivity index (χ2n) is 3.53. The minimum absolute atomic E-state index is 0.0341. The van der Waals surface area contributed by atoms with E-state index in [0.717, 1.165) is 18.4 Å². The summed E-state index contributed by atoms with van der Waals surface area (Å²) in [5, 5.41) is 0. The van der Waals surface area contributed by atoms with Crippen LogP contribution in [0.4, 0.5) is 0 Å². The molecule has 0 spiro atoms. The van der Waals surface area contributed by atoms with Crippen molar-refractivity contribution in [2.45, 2.75) is 25.4 Å². The van der Waals surface area contributed by atoms with E-state index in [1.165, 1.54) is 6.26 Å². The van der Waals surface area contributed by atoms with Crippen molar-refractivity contribution in [3.63, 3.8) is 0 Å². The maximum absolute atomic E-state index is 11.3. The smallest absolute Gasteiger partial charge is 0.150 e. The molecule has 0 heterocycles. The summed E-state index contributed by atoms with van der Waals surface area (Å²) in [5.74, 6) is 0.264. The molecule has 1 aliphatic carbocycles. The van der Waals surface area contributed by atoms with Crippen molar-refractivity contribution in [2.75, 3.05) is 5.88 Å². The second-order valence-corrected chi connectivity index (χ2v) is 3.80. The third-order valence-electron chi connectivity index (χ3n) is 2.59. The van der Waals surface area contributed by atoms with E-state index in [4.69, 9.17) is 16.3 Å². The molecule has 0 aromatic heterocycles. The highest BCUT2D eigenvalue weighted by Gasteiger charge is 2.28. The maximum Gasteiger partial charge on any atom is 0.150 e. The van der Waals surface area contributed by atoms with Crippen LogP contribution in [-0.2, 0) is 9.53 Å². The number of ether oxygens (including phenoxy) is 1. The topological polar surface area (TPSA) is 26.3 Å². The molecule has 0 aromatic carbocycles. The molecule has 2 nitrogen and oxygen atoms in total. The first-order valence-corrected chi connectivity index (χ1v) is 5.25. The van der Waals surface area contributed by atoms with Crippen LogP contribution in [0.2, 0.25) is 0 Å². The minimum Gasteiger partial charge on any atom is -0.494 e. The molecule has 1 fully saturated rings. The van der Waals surface area contributed by atoms with Gasteiger partial charge < -0.3 is 4.74 Å². The zero-order chi connectivity index (χ0) is 10.6. The van der Waals surface area contributed by atoms with E-state index in [2.05, 4.69) is 13.2 Å². The van der Waals surface area contributed by atoms with E-state index in [-0.39, 0.29) is 23.7 Å². The highest BCUT2D eigenvalue weighted by atomic mass is 35.5. The summed E-state index contributed by atoms with van der Waals surface area (Å²) in [4.78, 5) is 11.3. The van der Waals surface area contributed by atoms with Crippen molar-refractivity contribution in [1.82, 2.24) is 0 Å². The van der Waals surface area contributed by atoms with Crippen molar-refractivity contribution in [1.29, 1.82) is 0 Å². The largest absolute Gasteiger partial charge is 0.494 e. The Labute approximate surface area is 89.6 Å². The number of hydrogen-bond acceptors (Lipinski definition) is 2. The molecule has 2 atom stereocenters. The van der Waals surface area contributed by atoms with Crippen LogP contribution in [0.5, 0.6) is 0 Å². The molecule has 3 heteroatoms. The second kappa shape index (κ2) is 5.20. The molecule has 2 unspecified atom stereocenters. The number of alkyl halides is 1. The van der Waals surface area contributed by atoms with Crippen LogP contribution in [0, 0.1) is 5.92 Å². The van der Waals surface area contributed by atoms with Crippen LogP contribution in [-0.4, -0.2) is 17.8 Å². The molecule has 14 heavy (non-hydrogen) atoms. The van der Waals surface area contributed by atoms with E-state index in [1.54, 1.807) is 0 Å². The van der Waals surface area contributed by atoms with Gasteiger partial charge in [0.05, 0.1) is 12.1 Å². The fraction of sp³-hybridized carbons (Fsp3) is 0.545. The van der Waals surface area contributed by atoms with Gasteiger partial charge in [-0.25, -0.2) is 0 Å². The van der Waals surface area contributed by atoms with Gasteiger partial charge in [0, 0.05) is 5.92 Å². The Hall–Kier alpha value is -0.760. The molecule has 0 aliphatic heterocycles. The molecule has 1 rings (SSSR count). The van der Waals surface area contributed by atoms with Crippen LogP contribution in [0.15, 0.2) is 25.0 Å². The highest BCUT2D eigenvalue weighted by molar-refractivity contribution is 6.27. The fourth-order valence-electron chi connectivity index (χ4n) is 1.77. The first kappa shape index (κ1) is 11.3. The summed E-state index contributed by atoms with van der Waals surface area (Å²) in [6.07, 6.45) is 3.83. The van der Waals surface area contributed by atoms with Crippen LogP contribution in [0.25, 0.3) is 0 Å². The molecule has 0 amide bonds. The van der Waals surface area contributed by atoms with E-state index in [1.807, 2.05) is 0 Å².